The topological polar surface area (TPSA) is 47.9 Å². The fourth-order valence-corrected chi connectivity index (χ4v) is 2.28. The summed E-state index contributed by atoms with van der Waals surface area (Å²) in [7, 11) is 1.58. The molecular weight excluding hydrogens is 346 g/mol. The van der Waals surface area contributed by atoms with E-state index < -0.39 is 0 Å². The van der Waals surface area contributed by atoms with Gasteiger partial charge in [-0.15, -0.1) is 0 Å². The van der Waals surface area contributed by atoms with E-state index in [1.165, 1.54) is 6.92 Å². The maximum Gasteiger partial charge on any atom is 0.159 e. The fourth-order valence-electron chi connectivity index (χ4n) is 1.89. The molecule has 0 unspecified atom stereocenters. The molecule has 0 aromatic heterocycles. The first-order valence-corrected chi connectivity index (χ1v) is 7.49. The lowest BCUT2D eigenvalue weighted by Crippen LogP contribution is -1.98. The van der Waals surface area contributed by atoms with Gasteiger partial charge in [0, 0.05) is 21.2 Å². The molecule has 0 aliphatic heterocycles. The molecular formula is C17H16BrNO3. The molecule has 0 atom stereocenters. The highest BCUT2D eigenvalue weighted by Crippen LogP contribution is 2.21. The monoisotopic (exact) mass is 361 g/mol. The first kappa shape index (κ1) is 16.2. The van der Waals surface area contributed by atoms with Crippen molar-refractivity contribution in [3.63, 3.8) is 0 Å². The summed E-state index contributed by atoms with van der Waals surface area (Å²) in [6, 6.07) is 13.0. The molecule has 0 saturated carbocycles. The summed E-state index contributed by atoms with van der Waals surface area (Å²) < 4.78 is 6.21. The van der Waals surface area contributed by atoms with Crippen LogP contribution in [0.2, 0.25) is 0 Å². The highest BCUT2D eigenvalue weighted by molar-refractivity contribution is 9.10. The minimum Gasteiger partial charge on any atom is -0.496 e. The van der Waals surface area contributed by atoms with Crippen LogP contribution in [0.4, 0.5) is 0 Å². The van der Waals surface area contributed by atoms with Crippen molar-refractivity contribution in [3.8, 4) is 5.75 Å². The van der Waals surface area contributed by atoms with Gasteiger partial charge in [-0.3, -0.25) is 4.79 Å². The Bertz CT molecular complexity index is 698. The third-order valence-corrected chi connectivity index (χ3v) is 3.80. The Morgan fingerprint density at radius 1 is 1.27 bits per heavy atom. The van der Waals surface area contributed by atoms with Crippen molar-refractivity contribution < 1.29 is 14.4 Å². The van der Waals surface area contributed by atoms with Crippen molar-refractivity contribution in [2.75, 3.05) is 7.11 Å². The first-order valence-electron chi connectivity index (χ1n) is 6.69. The molecule has 4 nitrogen and oxygen atoms in total. The number of oxime groups is 1. The van der Waals surface area contributed by atoms with Crippen LogP contribution < -0.4 is 4.74 Å². The van der Waals surface area contributed by atoms with E-state index in [0.29, 0.717) is 11.3 Å². The largest absolute Gasteiger partial charge is 0.496 e. The number of rotatable bonds is 6. The molecule has 2 aromatic rings. The normalized spacial score (nSPS) is 10.7. The second-order valence-electron chi connectivity index (χ2n) is 4.61. The number of nitrogens with zero attached hydrogens (tertiary/aromatic N) is 1. The molecule has 0 aliphatic rings. The summed E-state index contributed by atoms with van der Waals surface area (Å²) in [5, 5.41) is 3.95. The van der Waals surface area contributed by atoms with Gasteiger partial charge in [-0.2, -0.15) is 0 Å². The minimum atomic E-state index is 0.000575. The molecule has 0 saturated heterocycles. The number of carbonyl (C=O) groups is 1. The first-order chi connectivity index (χ1) is 10.6. The Kier molecular flexibility index (Phi) is 5.72. The van der Waals surface area contributed by atoms with Gasteiger partial charge in [-0.25, -0.2) is 0 Å². The van der Waals surface area contributed by atoms with Gasteiger partial charge in [-0.1, -0.05) is 39.3 Å². The van der Waals surface area contributed by atoms with Gasteiger partial charge < -0.3 is 9.57 Å². The van der Waals surface area contributed by atoms with Crippen molar-refractivity contribution in [2.24, 2.45) is 5.16 Å². The van der Waals surface area contributed by atoms with E-state index in [1.54, 1.807) is 31.5 Å². The number of Topliss-reactive ketones (excluding diaryl/α,β-unsaturated/α-hetero) is 1. The number of ketones is 1. The van der Waals surface area contributed by atoms with E-state index >= 15 is 0 Å². The van der Waals surface area contributed by atoms with Crippen LogP contribution in [0, 0.1) is 0 Å². The van der Waals surface area contributed by atoms with Gasteiger partial charge in [0.05, 0.1) is 13.3 Å². The molecule has 22 heavy (non-hydrogen) atoms. The minimum absolute atomic E-state index is 0.000575. The van der Waals surface area contributed by atoms with E-state index in [0.717, 1.165) is 15.6 Å². The van der Waals surface area contributed by atoms with Crippen LogP contribution in [-0.4, -0.2) is 19.1 Å². The van der Waals surface area contributed by atoms with E-state index in [-0.39, 0.29) is 12.4 Å². The molecule has 2 aromatic carbocycles. The Morgan fingerprint density at radius 2 is 2.05 bits per heavy atom. The predicted molar refractivity (Wildman–Crippen MR) is 89.5 cm³/mol. The number of benzene rings is 2. The SMILES string of the molecule is COc1ccc(C(C)=O)cc1CO/N=C\c1ccccc1Br. The van der Waals surface area contributed by atoms with Crippen molar-refractivity contribution in [1.82, 2.24) is 0 Å². The maximum absolute atomic E-state index is 11.4. The van der Waals surface area contributed by atoms with Gasteiger partial charge >= 0.3 is 0 Å². The molecule has 2 rings (SSSR count). The van der Waals surface area contributed by atoms with E-state index in [1.807, 2.05) is 24.3 Å². The molecule has 5 heteroatoms. The van der Waals surface area contributed by atoms with Crippen molar-refractivity contribution in [1.29, 1.82) is 0 Å². The number of hydrogen-bond acceptors (Lipinski definition) is 4. The van der Waals surface area contributed by atoms with Gasteiger partial charge in [0.15, 0.2) is 5.78 Å². The average Bonchev–Trinajstić information content (AvgIpc) is 2.52. The highest BCUT2D eigenvalue weighted by atomic mass is 79.9. The second-order valence-corrected chi connectivity index (χ2v) is 5.47. The molecule has 0 spiro atoms. The smallest absolute Gasteiger partial charge is 0.159 e. The van der Waals surface area contributed by atoms with E-state index in [9.17, 15) is 4.79 Å². The molecule has 0 amide bonds. The van der Waals surface area contributed by atoms with Gasteiger partial charge in [0.1, 0.15) is 12.4 Å². The predicted octanol–water partition coefficient (Wildman–Crippen LogP) is 4.21. The van der Waals surface area contributed by atoms with E-state index in [4.69, 9.17) is 9.57 Å². The summed E-state index contributed by atoms with van der Waals surface area (Å²) in [6.45, 7) is 1.75. The number of carbonyl (C=O) groups excluding carboxylic acids is 1. The van der Waals surface area contributed by atoms with E-state index in [2.05, 4.69) is 21.1 Å². The summed E-state index contributed by atoms with van der Waals surface area (Å²) in [5.74, 6) is 0.668. The third-order valence-electron chi connectivity index (χ3n) is 3.08. The number of halogens is 1. The summed E-state index contributed by atoms with van der Waals surface area (Å²) in [5.41, 5.74) is 2.32. The summed E-state index contributed by atoms with van der Waals surface area (Å²) >= 11 is 3.44. The zero-order valence-electron chi connectivity index (χ0n) is 12.4. The van der Waals surface area contributed by atoms with Gasteiger partial charge in [0.2, 0.25) is 0 Å². The average molecular weight is 362 g/mol. The quantitative estimate of drug-likeness (QED) is 0.439. The summed E-state index contributed by atoms with van der Waals surface area (Å²) in [6.07, 6.45) is 1.63. The Morgan fingerprint density at radius 3 is 2.73 bits per heavy atom. The Labute approximate surface area is 137 Å². The lowest BCUT2D eigenvalue weighted by atomic mass is 10.1. The van der Waals surface area contributed by atoms with Gasteiger partial charge in [-0.05, 0) is 31.2 Å². The standard InChI is InChI=1S/C17H16BrNO3/c1-12(20)13-7-8-17(21-2)15(9-13)11-22-19-10-14-5-3-4-6-16(14)18/h3-10H,11H2,1-2H3/b19-10-. The highest BCUT2D eigenvalue weighted by Gasteiger charge is 2.07. The Balaban J connectivity index is 2.06. The van der Waals surface area contributed by atoms with Crippen LogP contribution in [-0.2, 0) is 11.4 Å². The molecule has 0 heterocycles. The van der Waals surface area contributed by atoms with Crippen LogP contribution in [0.5, 0.6) is 5.75 Å². The van der Waals surface area contributed by atoms with Crippen molar-refractivity contribution in [3.05, 3.63) is 63.6 Å². The number of ether oxygens (including phenoxy) is 1. The molecule has 0 fully saturated rings. The molecule has 0 bridgehead atoms. The maximum atomic E-state index is 11.4. The third kappa shape index (κ3) is 4.18. The van der Waals surface area contributed by atoms with Gasteiger partial charge in [0.25, 0.3) is 0 Å². The van der Waals surface area contributed by atoms with Crippen LogP contribution in [0.15, 0.2) is 52.1 Å². The van der Waals surface area contributed by atoms with Crippen LogP contribution >= 0.6 is 15.9 Å². The molecule has 0 N–H and O–H groups in total. The Hall–Kier alpha value is -2.14. The number of methoxy groups -OCH3 is 1. The van der Waals surface area contributed by atoms with Crippen molar-refractivity contribution in [2.45, 2.75) is 13.5 Å². The summed E-state index contributed by atoms with van der Waals surface area (Å²) in [4.78, 5) is 16.7. The second kappa shape index (κ2) is 7.75. The van der Waals surface area contributed by atoms with Crippen LogP contribution in [0.3, 0.4) is 0 Å². The van der Waals surface area contributed by atoms with Crippen LogP contribution in [0.25, 0.3) is 0 Å². The lowest BCUT2D eigenvalue weighted by Gasteiger charge is -2.08. The fraction of sp³-hybridized carbons (Fsp3) is 0.176. The zero-order valence-corrected chi connectivity index (χ0v) is 14.0. The lowest BCUT2D eigenvalue weighted by molar-refractivity contribution is 0.101. The zero-order chi connectivity index (χ0) is 15.9. The molecule has 0 aliphatic carbocycles. The van der Waals surface area contributed by atoms with Crippen LogP contribution in [0.1, 0.15) is 28.4 Å². The van der Waals surface area contributed by atoms with Crippen molar-refractivity contribution >= 4 is 27.9 Å². The molecule has 0 radical (unpaired) electrons. The molecule has 114 valence electrons. The number of hydrogen-bond donors (Lipinski definition) is 0.